The van der Waals surface area contributed by atoms with Crippen molar-refractivity contribution in [2.45, 2.75) is 18.9 Å². The summed E-state index contributed by atoms with van der Waals surface area (Å²) >= 11 is 0. The number of hydrogen-bond donors (Lipinski definition) is 1. The molecule has 0 aliphatic carbocycles. The molecule has 1 unspecified atom stereocenters. The molecule has 2 atom stereocenters. The molecule has 26 heavy (non-hydrogen) atoms. The van der Waals surface area contributed by atoms with Crippen LogP contribution in [0.1, 0.15) is 18.4 Å². The van der Waals surface area contributed by atoms with Gasteiger partial charge in [0.05, 0.1) is 25.2 Å². The number of amides is 2. The number of halogens is 1. The maximum Gasteiger partial charge on any atom is 0.292 e. The van der Waals surface area contributed by atoms with Crippen molar-refractivity contribution in [1.29, 1.82) is 0 Å². The van der Waals surface area contributed by atoms with E-state index in [1.165, 1.54) is 40.3 Å². The summed E-state index contributed by atoms with van der Waals surface area (Å²) in [5, 5.41) is 0. The number of nitrogens with zero attached hydrogens (tertiary/aromatic N) is 1. The van der Waals surface area contributed by atoms with E-state index < -0.39 is 0 Å². The molecule has 1 fully saturated rings. The molecule has 2 aliphatic rings. The summed E-state index contributed by atoms with van der Waals surface area (Å²) in [6, 6.07) is 15.4. The molecule has 1 N–H and O–H groups in total. The molecule has 0 spiro atoms. The third-order valence-corrected chi connectivity index (χ3v) is 5.19. The molecule has 2 heterocycles. The van der Waals surface area contributed by atoms with Crippen molar-refractivity contribution in [3.05, 3.63) is 72.1 Å². The topological polar surface area (TPSA) is 41.8 Å². The molecule has 1 saturated heterocycles. The second-order valence-electron chi connectivity index (χ2n) is 6.76. The van der Waals surface area contributed by atoms with Crippen LogP contribution in [0.4, 0.5) is 10.1 Å². The molecule has 0 aromatic heterocycles. The van der Waals surface area contributed by atoms with Gasteiger partial charge >= 0.3 is 0 Å². The molecule has 2 aromatic rings. The van der Waals surface area contributed by atoms with Crippen molar-refractivity contribution in [1.82, 2.24) is 0 Å². The highest BCUT2D eigenvalue weighted by atomic mass is 19.1. The number of carbonyl (C=O) groups is 2. The maximum absolute atomic E-state index is 13.1. The number of quaternary nitrogens is 1. The van der Waals surface area contributed by atoms with E-state index in [1.807, 2.05) is 18.2 Å². The number of rotatable bonds is 3. The second-order valence-corrected chi connectivity index (χ2v) is 6.76. The van der Waals surface area contributed by atoms with Gasteiger partial charge in [-0.3, -0.25) is 9.59 Å². The van der Waals surface area contributed by atoms with E-state index in [2.05, 4.69) is 18.2 Å². The van der Waals surface area contributed by atoms with Crippen molar-refractivity contribution in [3.63, 3.8) is 0 Å². The fourth-order valence-electron chi connectivity index (χ4n) is 3.80. The number of hydrogen-bond acceptors (Lipinski definition) is 2. The minimum absolute atomic E-state index is 0.187. The van der Waals surface area contributed by atoms with Crippen molar-refractivity contribution in [2.24, 2.45) is 0 Å². The van der Waals surface area contributed by atoms with Gasteiger partial charge in [-0.2, -0.15) is 0 Å². The Morgan fingerprint density at radius 2 is 1.73 bits per heavy atom. The van der Waals surface area contributed by atoms with Crippen LogP contribution in [0, 0.1) is 5.82 Å². The predicted molar refractivity (Wildman–Crippen MR) is 97.0 cm³/mol. The molecular weight excluding hydrogens is 331 g/mol. The molecule has 4 rings (SSSR count). The van der Waals surface area contributed by atoms with E-state index in [-0.39, 0.29) is 30.1 Å². The van der Waals surface area contributed by atoms with E-state index >= 15 is 0 Å². The van der Waals surface area contributed by atoms with Crippen LogP contribution in [0.2, 0.25) is 0 Å². The van der Waals surface area contributed by atoms with Crippen molar-refractivity contribution >= 4 is 23.1 Å². The Balaban J connectivity index is 1.49. The zero-order valence-electron chi connectivity index (χ0n) is 14.3. The largest absolute Gasteiger partial charge is 0.321 e. The van der Waals surface area contributed by atoms with Crippen LogP contribution in [0.5, 0.6) is 0 Å². The number of carbonyl (C=O) groups excluding carboxylic acids is 2. The Bertz CT molecular complexity index is 861. The summed E-state index contributed by atoms with van der Waals surface area (Å²) in [7, 11) is 0. The highest BCUT2D eigenvalue weighted by Gasteiger charge is 2.45. The van der Waals surface area contributed by atoms with Crippen LogP contribution in [-0.4, -0.2) is 30.9 Å². The van der Waals surface area contributed by atoms with Gasteiger partial charge in [0.15, 0.2) is 6.04 Å². The Hall–Kier alpha value is -2.79. The number of anilines is 1. The first-order valence-corrected chi connectivity index (χ1v) is 8.85. The number of benzene rings is 2. The Kier molecular flexibility index (Phi) is 4.39. The lowest BCUT2D eigenvalue weighted by Crippen LogP contribution is -3.17. The van der Waals surface area contributed by atoms with Crippen LogP contribution in [0.3, 0.4) is 0 Å². The average molecular weight is 351 g/mol. The molecule has 0 bridgehead atoms. The highest BCUT2D eigenvalue weighted by molar-refractivity contribution is 6.21. The van der Waals surface area contributed by atoms with Gasteiger partial charge in [-0.1, -0.05) is 30.3 Å². The van der Waals surface area contributed by atoms with Crippen LogP contribution < -0.4 is 9.80 Å². The van der Waals surface area contributed by atoms with Crippen LogP contribution >= 0.6 is 0 Å². The van der Waals surface area contributed by atoms with E-state index in [1.54, 1.807) is 0 Å². The molecule has 0 saturated carbocycles. The van der Waals surface area contributed by atoms with E-state index in [0.717, 1.165) is 24.4 Å². The fraction of sp³-hybridized carbons (Fsp3) is 0.238. The summed E-state index contributed by atoms with van der Waals surface area (Å²) in [6.45, 7) is 1.55. The Labute approximate surface area is 151 Å². The van der Waals surface area contributed by atoms with Gasteiger partial charge in [0.1, 0.15) is 5.82 Å². The minimum Gasteiger partial charge on any atom is -0.321 e. The van der Waals surface area contributed by atoms with Gasteiger partial charge in [-0.15, -0.1) is 0 Å². The van der Waals surface area contributed by atoms with Crippen LogP contribution in [-0.2, 0) is 9.59 Å². The van der Waals surface area contributed by atoms with Gasteiger partial charge in [0, 0.05) is 6.42 Å². The van der Waals surface area contributed by atoms with Crippen molar-refractivity contribution < 1.29 is 18.9 Å². The normalized spacial score (nSPS) is 23.3. The highest BCUT2D eigenvalue weighted by Crippen LogP contribution is 2.23. The molecule has 2 amide bonds. The monoisotopic (exact) mass is 351 g/mol. The molecule has 2 aromatic carbocycles. The molecule has 2 aliphatic heterocycles. The van der Waals surface area contributed by atoms with Crippen molar-refractivity contribution in [3.8, 4) is 0 Å². The third-order valence-electron chi connectivity index (χ3n) is 5.19. The van der Waals surface area contributed by atoms with Crippen LogP contribution in [0.15, 0.2) is 60.7 Å². The van der Waals surface area contributed by atoms with E-state index in [4.69, 9.17) is 0 Å². The number of imide groups is 1. The Morgan fingerprint density at radius 3 is 2.38 bits per heavy atom. The zero-order valence-corrected chi connectivity index (χ0v) is 14.3. The van der Waals surface area contributed by atoms with E-state index in [0.29, 0.717) is 5.69 Å². The average Bonchev–Trinajstić information content (AvgIpc) is 2.98. The summed E-state index contributed by atoms with van der Waals surface area (Å²) in [5.74, 6) is -0.783. The first-order chi connectivity index (χ1) is 12.6. The second kappa shape index (κ2) is 6.84. The number of nitrogens with one attached hydrogen (secondary N) is 1. The van der Waals surface area contributed by atoms with Gasteiger partial charge in [-0.05, 0) is 41.5 Å². The van der Waals surface area contributed by atoms with Gasteiger partial charge in [-0.25, -0.2) is 9.29 Å². The summed E-state index contributed by atoms with van der Waals surface area (Å²) in [6.07, 6.45) is 3.26. The molecular formula is C21H20FN2O2+. The minimum atomic E-state index is -0.385. The SMILES string of the molecule is O=C1C[C@@H]([NH+]2CC=C(c3ccccc3)CC2)C(=O)N1c1ccc(F)cc1. The van der Waals surface area contributed by atoms with Crippen molar-refractivity contribution in [2.75, 3.05) is 18.0 Å². The van der Waals surface area contributed by atoms with Gasteiger partial charge in [0.25, 0.3) is 5.91 Å². The fourth-order valence-corrected chi connectivity index (χ4v) is 3.80. The standard InChI is InChI=1S/C21H19FN2O2/c22-17-6-8-18(9-7-17)24-20(25)14-19(21(24)26)23-12-10-16(11-13-23)15-4-2-1-3-5-15/h1-10,19H,11-14H2/p+1/t19-/m1/s1. The summed E-state index contributed by atoms with van der Waals surface area (Å²) in [5.41, 5.74) is 2.95. The zero-order chi connectivity index (χ0) is 18.1. The molecule has 0 radical (unpaired) electrons. The Morgan fingerprint density at radius 1 is 1.00 bits per heavy atom. The molecule has 4 nitrogen and oxygen atoms in total. The van der Waals surface area contributed by atoms with Gasteiger partial charge < -0.3 is 4.90 Å². The lowest BCUT2D eigenvalue weighted by atomic mass is 9.98. The molecule has 132 valence electrons. The van der Waals surface area contributed by atoms with E-state index in [9.17, 15) is 14.0 Å². The summed E-state index contributed by atoms with van der Waals surface area (Å²) < 4.78 is 13.1. The van der Waals surface area contributed by atoms with Gasteiger partial charge in [0.2, 0.25) is 5.91 Å². The summed E-state index contributed by atoms with van der Waals surface area (Å²) in [4.78, 5) is 27.5. The first kappa shape index (κ1) is 16.7. The lowest BCUT2D eigenvalue weighted by Gasteiger charge is -2.27. The predicted octanol–water partition coefficient (Wildman–Crippen LogP) is 1.83. The first-order valence-electron chi connectivity index (χ1n) is 8.85. The smallest absolute Gasteiger partial charge is 0.292 e. The third kappa shape index (κ3) is 3.06. The lowest BCUT2D eigenvalue weighted by molar-refractivity contribution is -0.909. The van der Waals surface area contributed by atoms with Crippen LogP contribution in [0.25, 0.3) is 5.57 Å². The maximum atomic E-state index is 13.1. The quantitative estimate of drug-likeness (QED) is 0.858. The molecule has 5 heteroatoms.